The maximum Gasteiger partial charge on any atom is 0.165 e. The second kappa shape index (κ2) is 6.33. The predicted molar refractivity (Wildman–Crippen MR) is 77.4 cm³/mol. The van der Waals surface area contributed by atoms with Gasteiger partial charge in [-0.2, -0.15) is 0 Å². The van der Waals surface area contributed by atoms with Crippen molar-refractivity contribution in [2.75, 3.05) is 0 Å². The largest absolute Gasteiger partial charge is 0.488 e. The third kappa shape index (κ3) is 3.35. The highest BCUT2D eigenvalue weighted by molar-refractivity contribution is 9.10. The topological polar surface area (TPSA) is 35.2 Å². The van der Waals surface area contributed by atoms with Gasteiger partial charge in [-0.15, -0.1) is 0 Å². The molecule has 20 heavy (non-hydrogen) atoms. The molecular weight excluding hydrogens is 328 g/mol. The highest BCUT2D eigenvalue weighted by Gasteiger charge is 2.12. The Bertz CT molecular complexity index is 617. The highest BCUT2D eigenvalue weighted by atomic mass is 79.9. The van der Waals surface area contributed by atoms with Gasteiger partial charge in [-0.1, -0.05) is 34.1 Å². The van der Waals surface area contributed by atoms with E-state index in [1.807, 2.05) is 19.1 Å². The third-order valence-electron chi connectivity index (χ3n) is 2.88. The SMILES string of the molecule is C[C@@H](N)c1ccc(Br)cc1OCc1cccc(F)c1F. The summed E-state index contributed by atoms with van der Waals surface area (Å²) in [5, 5.41) is 0. The molecule has 0 aliphatic heterocycles. The van der Waals surface area contributed by atoms with E-state index in [1.165, 1.54) is 12.1 Å². The Kier molecular flexibility index (Phi) is 4.73. The molecule has 0 radical (unpaired) electrons. The quantitative estimate of drug-likeness (QED) is 0.898. The van der Waals surface area contributed by atoms with Crippen LogP contribution < -0.4 is 10.5 Å². The molecule has 2 aromatic rings. The number of halogens is 3. The van der Waals surface area contributed by atoms with Crippen LogP contribution in [0.5, 0.6) is 5.75 Å². The molecule has 0 aliphatic carbocycles. The van der Waals surface area contributed by atoms with Gasteiger partial charge in [0.05, 0.1) is 0 Å². The maximum atomic E-state index is 13.6. The lowest BCUT2D eigenvalue weighted by Gasteiger charge is -2.15. The van der Waals surface area contributed by atoms with E-state index in [0.717, 1.165) is 16.1 Å². The van der Waals surface area contributed by atoms with Crippen LogP contribution in [-0.2, 0) is 6.61 Å². The molecule has 0 amide bonds. The number of hydrogen-bond donors (Lipinski definition) is 1. The van der Waals surface area contributed by atoms with Crippen molar-refractivity contribution in [3.8, 4) is 5.75 Å². The van der Waals surface area contributed by atoms with Crippen molar-refractivity contribution < 1.29 is 13.5 Å². The van der Waals surface area contributed by atoms with Crippen molar-refractivity contribution in [3.05, 3.63) is 63.6 Å². The van der Waals surface area contributed by atoms with Gasteiger partial charge in [-0.05, 0) is 25.1 Å². The van der Waals surface area contributed by atoms with Crippen LogP contribution in [0.4, 0.5) is 8.78 Å². The molecule has 0 saturated heterocycles. The van der Waals surface area contributed by atoms with Crippen LogP contribution in [0.2, 0.25) is 0 Å². The van der Waals surface area contributed by atoms with E-state index >= 15 is 0 Å². The zero-order valence-electron chi connectivity index (χ0n) is 10.9. The van der Waals surface area contributed by atoms with E-state index in [4.69, 9.17) is 10.5 Å². The highest BCUT2D eigenvalue weighted by Crippen LogP contribution is 2.28. The van der Waals surface area contributed by atoms with Crippen molar-refractivity contribution >= 4 is 15.9 Å². The van der Waals surface area contributed by atoms with Gasteiger partial charge < -0.3 is 10.5 Å². The van der Waals surface area contributed by atoms with Gasteiger partial charge in [0, 0.05) is 21.6 Å². The van der Waals surface area contributed by atoms with E-state index in [2.05, 4.69) is 15.9 Å². The van der Waals surface area contributed by atoms with Crippen LogP contribution in [0.25, 0.3) is 0 Å². The van der Waals surface area contributed by atoms with Crippen LogP contribution in [0.1, 0.15) is 24.1 Å². The van der Waals surface area contributed by atoms with Crippen LogP contribution in [0.15, 0.2) is 40.9 Å². The Morgan fingerprint density at radius 3 is 2.70 bits per heavy atom. The summed E-state index contributed by atoms with van der Waals surface area (Å²) in [6.45, 7) is 1.78. The van der Waals surface area contributed by atoms with Crippen LogP contribution >= 0.6 is 15.9 Å². The van der Waals surface area contributed by atoms with Crippen molar-refractivity contribution in [3.63, 3.8) is 0 Å². The molecule has 2 aromatic carbocycles. The molecule has 0 fully saturated rings. The molecule has 2 rings (SSSR count). The van der Waals surface area contributed by atoms with Gasteiger partial charge in [0.1, 0.15) is 12.4 Å². The maximum absolute atomic E-state index is 13.6. The van der Waals surface area contributed by atoms with E-state index in [-0.39, 0.29) is 18.2 Å². The predicted octanol–water partition coefficient (Wildman–Crippen LogP) is 4.33. The Morgan fingerprint density at radius 1 is 1.25 bits per heavy atom. The molecule has 0 heterocycles. The molecule has 106 valence electrons. The Hall–Kier alpha value is -1.46. The number of rotatable bonds is 4. The minimum Gasteiger partial charge on any atom is -0.488 e. The summed E-state index contributed by atoms with van der Waals surface area (Å²) in [6.07, 6.45) is 0. The summed E-state index contributed by atoms with van der Waals surface area (Å²) < 4.78 is 33.1. The summed E-state index contributed by atoms with van der Waals surface area (Å²) >= 11 is 3.34. The summed E-state index contributed by atoms with van der Waals surface area (Å²) in [5.41, 5.74) is 6.84. The molecular formula is C15H14BrF2NO. The summed E-state index contributed by atoms with van der Waals surface area (Å²) in [6, 6.07) is 9.25. The van der Waals surface area contributed by atoms with E-state index in [0.29, 0.717) is 5.75 Å². The summed E-state index contributed by atoms with van der Waals surface area (Å²) in [5.74, 6) is -1.21. The number of benzene rings is 2. The van der Waals surface area contributed by atoms with Crippen molar-refractivity contribution in [1.82, 2.24) is 0 Å². The van der Waals surface area contributed by atoms with E-state index < -0.39 is 11.6 Å². The minimum atomic E-state index is -0.884. The first-order valence-corrected chi connectivity index (χ1v) is 6.89. The van der Waals surface area contributed by atoms with E-state index in [1.54, 1.807) is 6.07 Å². The lowest BCUT2D eigenvalue weighted by atomic mass is 10.1. The lowest BCUT2D eigenvalue weighted by Crippen LogP contribution is -2.08. The van der Waals surface area contributed by atoms with Crippen LogP contribution in [0, 0.1) is 11.6 Å². The molecule has 5 heteroatoms. The van der Waals surface area contributed by atoms with Crippen molar-refractivity contribution in [2.24, 2.45) is 5.73 Å². The fraction of sp³-hybridized carbons (Fsp3) is 0.200. The van der Waals surface area contributed by atoms with E-state index in [9.17, 15) is 8.78 Å². The van der Waals surface area contributed by atoms with Gasteiger partial charge in [-0.3, -0.25) is 0 Å². The second-order valence-electron chi connectivity index (χ2n) is 4.47. The summed E-state index contributed by atoms with van der Waals surface area (Å²) in [4.78, 5) is 0. The van der Waals surface area contributed by atoms with Gasteiger partial charge >= 0.3 is 0 Å². The van der Waals surface area contributed by atoms with Crippen LogP contribution in [0.3, 0.4) is 0 Å². The smallest absolute Gasteiger partial charge is 0.165 e. The number of nitrogens with two attached hydrogens (primary N) is 1. The first kappa shape index (κ1) is 14.9. The molecule has 0 unspecified atom stereocenters. The average Bonchev–Trinajstić information content (AvgIpc) is 2.40. The van der Waals surface area contributed by atoms with Gasteiger partial charge in [0.15, 0.2) is 11.6 Å². The fourth-order valence-corrected chi connectivity index (χ4v) is 2.16. The number of ether oxygens (including phenoxy) is 1. The Labute approximate surface area is 124 Å². The standard InChI is InChI=1S/C15H14BrF2NO/c1-9(19)12-6-5-11(16)7-14(12)20-8-10-3-2-4-13(17)15(10)18/h2-7,9H,8,19H2,1H3/t9-/m1/s1. The Balaban J connectivity index is 2.22. The molecule has 1 atom stereocenters. The third-order valence-corrected chi connectivity index (χ3v) is 3.37. The van der Waals surface area contributed by atoms with Gasteiger partial charge in [0.25, 0.3) is 0 Å². The molecule has 0 aliphatic rings. The van der Waals surface area contributed by atoms with Crippen LogP contribution in [-0.4, -0.2) is 0 Å². The first-order chi connectivity index (χ1) is 9.49. The second-order valence-corrected chi connectivity index (χ2v) is 5.39. The zero-order chi connectivity index (χ0) is 14.7. The fourth-order valence-electron chi connectivity index (χ4n) is 1.82. The van der Waals surface area contributed by atoms with Crippen molar-refractivity contribution in [2.45, 2.75) is 19.6 Å². The lowest BCUT2D eigenvalue weighted by molar-refractivity contribution is 0.292. The van der Waals surface area contributed by atoms with Gasteiger partial charge in [-0.25, -0.2) is 8.78 Å². The Morgan fingerprint density at radius 2 is 2.00 bits per heavy atom. The monoisotopic (exact) mass is 341 g/mol. The minimum absolute atomic E-state index is 0.0558. The average molecular weight is 342 g/mol. The summed E-state index contributed by atoms with van der Waals surface area (Å²) in [7, 11) is 0. The van der Waals surface area contributed by atoms with Crippen molar-refractivity contribution in [1.29, 1.82) is 0 Å². The number of hydrogen-bond acceptors (Lipinski definition) is 2. The molecule has 0 saturated carbocycles. The normalized spacial score (nSPS) is 12.2. The molecule has 0 aromatic heterocycles. The molecule has 0 bridgehead atoms. The van der Waals surface area contributed by atoms with Gasteiger partial charge in [0.2, 0.25) is 0 Å². The molecule has 0 spiro atoms. The molecule has 2 nitrogen and oxygen atoms in total. The first-order valence-electron chi connectivity index (χ1n) is 6.09. The zero-order valence-corrected chi connectivity index (χ0v) is 12.5. The molecule has 2 N–H and O–H groups in total.